The van der Waals surface area contributed by atoms with Crippen LogP contribution in [0.15, 0.2) is 38.6 Å². The van der Waals surface area contributed by atoms with Crippen LogP contribution in [-0.2, 0) is 0 Å². The van der Waals surface area contributed by atoms with Crippen molar-refractivity contribution in [3.63, 3.8) is 0 Å². The highest BCUT2D eigenvalue weighted by molar-refractivity contribution is 9.11. The van der Waals surface area contributed by atoms with E-state index in [-0.39, 0.29) is 18.0 Å². The molecule has 20 heavy (non-hydrogen) atoms. The zero-order valence-corrected chi connectivity index (χ0v) is 14.8. The summed E-state index contributed by atoms with van der Waals surface area (Å²) in [6.07, 6.45) is 0.539. The SMILES string of the molecule is CCC(N)C(Oc1ccc(F)cc1Br)c1ccc(Br)s1. The molecule has 0 bridgehead atoms. The number of thiophene rings is 1. The second kappa shape index (κ2) is 7.02. The van der Waals surface area contributed by atoms with Crippen LogP contribution in [-0.4, -0.2) is 6.04 Å². The number of rotatable bonds is 5. The maximum absolute atomic E-state index is 13.1. The first kappa shape index (κ1) is 15.9. The lowest BCUT2D eigenvalue weighted by molar-refractivity contribution is 0.173. The number of ether oxygens (including phenoxy) is 1. The molecule has 0 fully saturated rings. The predicted molar refractivity (Wildman–Crippen MR) is 87.8 cm³/mol. The van der Waals surface area contributed by atoms with Crippen LogP contribution >= 0.6 is 43.2 Å². The van der Waals surface area contributed by atoms with Crippen molar-refractivity contribution in [2.75, 3.05) is 0 Å². The molecule has 0 spiro atoms. The lowest BCUT2D eigenvalue weighted by atomic mass is 10.1. The van der Waals surface area contributed by atoms with Gasteiger partial charge in [-0.2, -0.15) is 0 Å². The third-order valence-electron chi connectivity index (χ3n) is 2.88. The number of benzene rings is 1. The molecule has 0 amide bonds. The Balaban J connectivity index is 2.28. The second-order valence-corrected chi connectivity index (χ2v) is 7.68. The molecule has 0 saturated heterocycles. The van der Waals surface area contributed by atoms with E-state index in [2.05, 4.69) is 31.9 Å². The van der Waals surface area contributed by atoms with Crippen molar-refractivity contribution in [2.24, 2.45) is 5.73 Å². The number of halogens is 3. The summed E-state index contributed by atoms with van der Waals surface area (Å²) in [5, 5.41) is 0. The molecular formula is C14H14Br2FNOS. The largest absolute Gasteiger partial charge is 0.482 e. The van der Waals surface area contributed by atoms with E-state index in [0.29, 0.717) is 10.2 Å². The van der Waals surface area contributed by atoms with Crippen LogP contribution < -0.4 is 10.5 Å². The first-order valence-corrected chi connectivity index (χ1v) is 8.54. The van der Waals surface area contributed by atoms with Gasteiger partial charge >= 0.3 is 0 Å². The average molecular weight is 423 g/mol. The highest BCUT2D eigenvalue weighted by Gasteiger charge is 2.23. The highest BCUT2D eigenvalue weighted by atomic mass is 79.9. The average Bonchev–Trinajstić information content (AvgIpc) is 2.83. The van der Waals surface area contributed by atoms with Crippen molar-refractivity contribution in [1.82, 2.24) is 0 Å². The Bertz CT molecular complexity index is 590. The molecular weight excluding hydrogens is 409 g/mol. The Kier molecular flexibility index (Phi) is 5.60. The Hall–Kier alpha value is -0.430. The zero-order chi connectivity index (χ0) is 14.7. The van der Waals surface area contributed by atoms with Crippen molar-refractivity contribution in [2.45, 2.75) is 25.5 Å². The van der Waals surface area contributed by atoms with E-state index >= 15 is 0 Å². The molecule has 1 aromatic carbocycles. The van der Waals surface area contributed by atoms with Crippen molar-refractivity contribution >= 4 is 43.2 Å². The van der Waals surface area contributed by atoms with Crippen molar-refractivity contribution in [3.05, 3.63) is 49.3 Å². The molecule has 2 unspecified atom stereocenters. The maximum atomic E-state index is 13.1. The van der Waals surface area contributed by atoms with Gasteiger partial charge in [-0.15, -0.1) is 11.3 Å². The van der Waals surface area contributed by atoms with E-state index in [4.69, 9.17) is 10.5 Å². The maximum Gasteiger partial charge on any atom is 0.148 e. The first-order chi connectivity index (χ1) is 9.51. The van der Waals surface area contributed by atoms with Gasteiger partial charge in [0.2, 0.25) is 0 Å². The summed E-state index contributed by atoms with van der Waals surface area (Å²) in [6, 6.07) is 8.20. The molecule has 2 rings (SSSR count). The summed E-state index contributed by atoms with van der Waals surface area (Å²) in [7, 11) is 0. The van der Waals surface area contributed by atoms with Crippen molar-refractivity contribution < 1.29 is 9.13 Å². The number of hydrogen-bond acceptors (Lipinski definition) is 3. The van der Waals surface area contributed by atoms with Crippen molar-refractivity contribution in [1.29, 1.82) is 0 Å². The van der Waals surface area contributed by atoms with Gasteiger partial charge in [0.25, 0.3) is 0 Å². The number of hydrogen-bond donors (Lipinski definition) is 1. The van der Waals surface area contributed by atoms with E-state index < -0.39 is 0 Å². The summed E-state index contributed by atoms with van der Waals surface area (Å²) >= 11 is 8.35. The van der Waals surface area contributed by atoms with Gasteiger partial charge in [0.05, 0.1) is 8.26 Å². The third-order valence-corrected chi connectivity index (χ3v) is 5.19. The van der Waals surface area contributed by atoms with Gasteiger partial charge in [0.1, 0.15) is 17.7 Å². The van der Waals surface area contributed by atoms with Gasteiger partial charge in [-0.25, -0.2) is 4.39 Å². The number of nitrogens with two attached hydrogens (primary N) is 1. The van der Waals surface area contributed by atoms with Gasteiger partial charge in [-0.3, -0.25) is 0 Å². The molecule has 0 aliphatic rings. The minimum absolute atomic E-state index is 0.127. The molecule has 0 aliphatic carbocycles. The van der Waals surface area contributed by atoms with Crippen LogP contribution in [0, 0.1) is 5.82 Å². The van der Waals surface area contributed by atoms with Crippen LogP contribution in [0.3, 0.4) is 0 Å². The fourth-order valence-electron chi connectivity index (χ4n) is 1.76. The molecule has 6 heteroatoms. The zero-order valence-electron chi connectivity index (χ0n) is 10.8. The topological polar surface area (TPSA) is 35.2 Å². The van der Waals surface area contributed by atoms with Crippen LogP contribution in [0.1, 0.15) is 24.3 Å². The van der Waals surface area contributed by atoms with Crippen LogP contribution in [0.25, 0.3) is 0 Å². The molecule has 2 aromatic rings. The van der Waals surface area contributed by atoms with E-state index in [1.54, 1.807) is 17.4 Å². The van der Waals surface area contributed by atoms with Crippen molar-refractivity contribution in [3.8, 4) is 5.75 Å². The van der Waals surface area contributed by atoms with E-state index in [0.717, 1.165) is 15.1 Å². The summed E-state index contributed by atoms with van der Waals surface area (Å²) in [4.78, 5) is 1.04. The normalized spacial score (nSPS) is 14.1. The van der Waals surface area contributed by atoms with E-state index in [9.17, 15) is 4.39 Å². The summed E-state index contributed by atoms with van der Waals surface area (Å²) in [5.41, 5.74) is 6.16. The van der Waals surface area contributed by atoms with Gasteiger partial charge in [0.15, 0.2) is 0 Å². The van der Waals surface area contributed by atoms with E-state index in [1.165, 1.54) is 12.1 Å². The molecule has 2 atom stereocenters. The Morgan fingerprint density at radius 1 is 1.30 bits per heavy atom. The summed E-state index contributed by atoms with van der Waals surface area (Å²) < 4.78 is 20.7. The third kappa shape index (κ3) is 3.81. The molecule has 108 valence electrons. The highest BCUT2D eigenvalue weighted by Crippen LogP contribution is 2.35. The molecule has 2 N–H and O–H groups in total. The Morgan fingerprint density at radius 3 is 2.60 bits per heavy atom. The second-order valence-electron chi connectivity index (χ2n) is 4.33. The Labute approximate surface area is 138 Å². The van der Waals surface area contributed by atoms with Crippen LogP contribution in [0.4, 0.5) is 4.39 Å². The fraction of sp³-hybridized carbons (Fsp3) is 0.286. The molecule has 1 heterocycles. The minimum atomic E-state index is -0.306. The lowest BCUT2D eigenvalue weighted by Crippen LogP contribution is -2.31. The van der Waals surface area contributed by atoms with E-state index in [1.807, 2.05) is 19.1 Å². The van der Waals surface area contributed by atoms with Crippen LogP contribution in [0.5, 0.6) is 5.75 Å². The van der Waals surface area contributed by atoms with Gasteiger partial charge in [-0.1, -0.05) is 6.92 Å². The predicted octanol–water partition coefficient (Wildman–Crippen LogP) is 5.27. The minimum Gasteiger partial charge on any atom is -0.482 e. The molecule has 2 nitrogen and oxygen atoms in total. The molecule has 1 aromatic heterocycles. The van der Waals surface area contributed by atoms with Gasteiger partial charge in [0, 0.05) is 10.9 Å². The Morgan fingerprint density at radius 2 is 2.05 bits per heavy atom. The molecule has 0 saturated carbocycles. The van der Waals surface area contributed by atoms with Gasteiger partial charge in [-0.05, 0) is 68.6 Å². The quantitative estimate of drug-likeness (QED) is 0.712. The van der Waals surface area contributed by atoms with Gasteiger partial charge < -0.3 is 10.5 Å². The summed E-state index contributed by atoms with van der Waals surface area (Å²) in [5.74, 6) is 0.282. The standard InChI is InChI=1S/C14H14Br2FNOS/c1-2-10(18)14(12-5-6-13(16)20-12)19-11-4-3-8(17)7-9(11)15/h3-7,10,14H,2,18H2,1H3. The lowest BCUT2D eigenvalue weighted by Gasteiger charge is -2.24. The smallest absolute Gasteiger partial charge is 0.148 e. The monoisotopic (exact) mass is 421 g/mol. The first-order valence-electron chi connectivity index (χ1n) is 6.13. The summed E-state index contributed by atoms with van der Waals surface area (Å²) in [6.45, 7) is 2.02. The van der Waals surface area contributed by atoms with Crippen LogP contribution in [0.2, 0.25) is 0 Å². The fourth-order valence-corrected chi connectivity index (χ4v) is 3.73. The molecule has 0 aliphatic heterocycles. The molecule has 0 radical (unpaired) electrons.